The molecule has 6 heteroatoms. The molecular formula is C26H24N2O3S. The van der Waals surface area contributed by atoms with E-state index in [9.17, 15) is 9.59 Å². The number of hydrogen-bond acceptors (Lipinski definition) is 5. The summed E-state index contributed by atoms with van der Waals surface area (Å²) in [6.45, 7) is 2.11. The summed E-state index contributed by atoms with van der Waals surface area (Å²) in [5.74, 6) is 0.454. The van der Waals surface area contributed by atoms with Crippen molar-refractivity contribution in [3.05, 3.63) is 81.2 Å². The van der Waals surface area contributed by atoms with E-state index in [-0.39, 0.29) is 24.8 Å². The first-order chi connectivity index (χ1) is 15.5. The van der Waals surface area contributed by atoms with E-state index < -0.39 is 0 Å². The number of thiophene rings is 1. The topological polar surface area (TPSA) is 59.0 Å². The maximum Gasteiger partial charge on any atom is 0.249 e. The SMILES string of the molecule is COc1ccc(C(=O)CN2C(=O)CN=C(c3cccc(C)c3)c3c2sc2c3CCC2)cc1. The normalized spacial score (nSPS) is 15.1. The Balaban J connectivity index is 1.55. The number of rotatable bonds is 5. The van der Waals surface area contributed by atoms with Gasteiger partial charge in [0.25, 0.3) is 0 Å². The van der Waals surface area contributed by atoms with Crippen LogP contribution in [0.1, 0.15) is 43.9 Å². The Kier molecular flexibility index (Phi) is 5.39. The summed E-state index contributed by atoms with van der Waals surface area (Å²) in [5, 5.41) is 0.860. The van der Waals surface area contributed by atoms with Gasteiger partial charge in [0.05, 0.1) is 19.4 Å². The van der Waals surface area contributed by atoms with Gasteiger partial charge in [-0.3, -0.25) is 19.5 Å². The molecule has 1 aliphatic carbocycles. The lowest BCUT2D eigenvalue weighted by atomic mass is 9.98. The number of anilines is 1. The molecule has 3 aromatic rings. The Hall–Kier alpha value is -3.25. The van der Waals surface area contributed by atoms with Crippen molar-refractivity contribution in [3.8, 4) is 5.75 Å². The van der Waals surface area contributed by atoms with Crippen molar-refractivity contribution in [3.63, 3.8) is 0 Å². The molecule has 162 valence electrons. The van der Waals surface area contributed by atoms with Crippen molar-refractivity contribution in [2.24, 2.45) is 4.99 Å². The molecule has 0 radical (unpaired) electrons. The number of ether oxygens (including phenoxy) is 1. The number of hydrogen-bond donors (Lipinski definition) is 0. The molecule has 0 N–H and O–H groups in total. The molecule has 0 saturated carbocycles. The molecule has 0 atom stereocenters. The Morgan fingerprint density at radius 3 is 2.72 bits per heavy atom. The zero-order chi connectivity index (χ0) is 22.2. The summed E-state index contributed by atoms with van der Waals surface area (Å²) >= 11 is 1.65. The average molecular weight is 445 g/mol. The van der Waals surface area contributed by atoms with Crippen LogP contribution >= 0.6 is 11.3 Å². The molecule has 2 heterocycles. The van der Waals surface area contributed by atoms with E-state index in [1.165, 1.54) is 10.4 Å². The summed E-state index contributed by atoms with van der Waals surface area (Å²) in [6, 6.07) is 15.3. The van der Waals surface area contributed by atoms with Crippen LogP contribution in [0.5, 0.6) is 5.75 Å². The maximum absolute atomic E-state index is 13.2. The number of carbonyl (C=O) groups is 2. The summed E-state index contributed by atoms with van der Waals surface area (Å²) in [4.78, 5) is 34.0. The molecule has 32 heavy (non-hydrogen) atoms. The van der Waals surface area contributed by atoms with E-state index in [1.807, 2.05) is 6.07 Å². The monoisotopic (exact) mass is 444 g/mol. The molecule has 0 saturated heterocycles. The molecule has 1 amide bonds. The van der Waals surface area contributed by atoms with Gasteiger partial charge in [0.15, 0.2) is 5.78 Å². The highest BCUT2D eigenvalue weighted by atomic mass is 32.1. The quantitative estimate of drug-likeness (QED) is 0.540. The molecule has 2 aromatic carbocycles. The molecule has 0 fully saturated rings. The van der Waals surface area contributed by atoms with Crippen LogP contribution in [0.4, 0.5) is 5.00 Å². The van der Waals surface area contributed by atoms with E-state index in [4.69, 9.17) is 9.73 Å². The fourth-order valence-corrected chi connectivity index (χ4v) is 5.85. The van der Waals surface area contributed by atoms with Crippen LogP contribution in [0.15, 0.2) is 53.5 Å². The molecule has 0 unspecified atom stereocenters. The Labute approximate surface area is 191 Å². The highest BCUT2D eigenvalue weighted by Gasteiger charge is 2.34. The number of ketones is 1. The number of carbonyl (C=O) groups excluding carboxylic acids is 2. The zero-order valence-electron chi connectivity index (χ0n) is 18.2. The van der Waals surface area contributed by atoms with Crippen molar-refractivity contribution >= 4 is 33.7 Å². The van der Waals surface area contributed by atoms with Crippen molar-refractivity contribution < 1.29 is 14.3 Å². The van der Waals surface area contributed by atoms with E-state index >= 15 is 0 Å². The van der Waals surface area contributed by atoms with Gasteiger partial charge < -0.3 is 4.74 Å². The molecule has 0 spiro atoms. The van der Waals surface area contributed by atoms with Crippen molar-refractivity contribution in [1.29, 1.82) is 0 Å². The van der Waals surface area contributed by atoms with Crippen molar-refractivity contribution in [2.75, 3.05) is 25.1 Å². The number of Topliss-reactive ketones (excluding diaryl/α,β-unsaturated/α-hetero) is 1. The van der Waals surface area contributed by atoms with Crippen molar-refractivity contribution in [1.82, 2.24) is 0 Å². The largest absolute Gasteiger partial charge is 0.497 e. The fourth-order valence-electron chi connectivity index (χ4n) is 4.45. The number of aryl methyl sites for hydroxylation is 2. The second-order valence-electron chi connectivity index (χ2n) is 8.20. The van der Waals surface area contributed by atoms with Crippen LogP contribution in [-0.4, -0.2) is 37.6 Å². The molecule has 5 rings (SSSR count). The Morgan fingerprint density at radius 1 is 1.16 bits per heavy atom. The van der Waals surface area contributed by atoms with Crippen LogP contribution in [-0.2, 0) is 17.6 Å². The van der Waals surface area contributed by atoms with E-state index in [0.717, 1.165) is 46.7 Å². The third kappa shape index (κ3) is 3.65. The second kappa shape index (κ2) is 8.36. The van der Waals surface area contributed by atoms with Crippen LogP contribution in [0.2, 0.25) is 0 Å². The predicted octanol–water partition coefficient (Wildman–Crippen LogP) is 4.62. The summed E-state index contributed by atoms with van der Waals surface area (Å²) in [7, 11) is 1.59. The third-order valence-corrected chi connectivity index (χ3v) is 7.38. The van der Waals surface area contributed by atoms with Crippen LogP contribution in [0.3, 0.4) is 0 Å². The first-order valence-electron chi connectivity index (χ1n) is 10.8. The lowest BCUT2D eigenvalue weighted by molar-refractivity contribution is -0.117. The van der Waals surface area contributed by atoms with Gasteiger partial charge in [0.1, 0.15) is 17.3 Å². The first kappa shape index (κ1) is 20.6. The molecule has 0 bridgehead atoms. The summed E-state index contributed by atoms with van der Waals surface area (Å²) < 4.78 is 5.19. The van der Waals surface area contributed by atoms with E-state index in [0.29, 0.717) is 11.3 Å². The standard InChI is InChI=1S/C26H24N2O3S/c1-16-5-3-6-18(13-16)25-24-20-7-4-8-22(20)32-26(24)28(23(30)14-27-25)15-21(29)17-9-11-19(31-2)12-10-17/h3,5-6,9-13H,4,7-8,14-15H2,1-2H3. The van der Waals surface area contributed by atoms with Gasteiger partial charge in [-0.1, -0.05) is 23.8 Å². The third-order valence-electron chi connectivity index (χ3n) is 6.06. The first-order valence-corrected chi connectivity index (χ1v) is 11.6. The van der Waals surface area contributed by atoms with Gasteiger partial charge in [-0.15, -0.1) is 11.3 Å². The fraction of sp³-hybridized carbons (Fsp3) is 0.269. The number of benzene rings is 2. The minimum atomic E-state index is -0.143. The molecule has 2 aliphatic rings. The summed E-state index contributed by atoms with van der Waals surface area (Å²) in [5.41, 5.74) is 5.95. The van der Waals surface area contributed by atoms with Crippen LogP contribution in [0.25, 0.3) is 0 Å². The van der Waals surface area contributed by atoms with Crippen LogP contribution in [0, 0.1) is 6.92 Å². The lowest BCUT2D eigenvalue weighted by Crippen LogP contribution is -2.36. The van der Waals surface area contributed by atoms with Crippen LogP contribution < -0.4 is 9.64 Å². The number of nitrogens with zero attached hydrogens (tertiary/aromatic N) is 2. The predicted molar refractivity (Wildman–Crippen MR) is 128 cm³/mol. The second-order valence-corrected chi connectivity index (χ2v) is 9.29. The number of methoxy groups -OCH3 is 1. The molecule has 1 aromatic heterocycles. The molecule has 5 nitrogen and oxygen atoms in total. The van der Waals surface area contributed by atoms with Gasteiger partial charge in [-0.05, 0) is 62.1 Å². The van der Waals surface area contributed by atoms with Gasteiger partial charge in [-0.2, -0.15) is 0 Å². The minimum Gasteiger partial charge on any atom is -0.497 e. The number of fused-ring (bicyclic) bond motifs is 3. The van der Waals surface area contributed by atoms with Crippen molar-refractivity contribution in [2.45, 2.75) is 26.2 Å². The maximum atomic E-state index is 13.2. The highest BCUT2D eigenvalue weighted by Crippen LogP contribution is 2.43. The molecular weight excluding hydrogens is 420 g/mol. The zero-order valence-corrected chi connectivity index (χ0v) is 19.0. The lowest BCUT2D eigenvalue weighted by Gasteiger charge is -2.20. The summed E-state index contributed by atoms with van der Waals surface area (Å²) in [6.07, 6.45) is 3.12. The number of aliphatic imine (C=N–C) groups is 1. The highest BCUT2D eigenvalue weighted by molar-refractivity contribution is 7.17. The average Bonchev–Trinajstić information content (AvgIpc) is 3.36. The van der Waals surface area contributed by atoms with Gasteiger partial charge in [-0.25, -0.2) is 0 Å². The van der Waals surface area contributed by atoms with E-state index in [1.54, 1.807) is 47.6 Å². The number of amides is 1. The smallest absolute Gasteiger partial charge is 0.249 e. The van der Waals surface area contributed by atoms with Gasteiger partial charge >= 0.3 is 0 Å². The Bertz CT molecular complexity index is 1240. The Morgan fingerprint density at radius 2 is 1.97 bits per heavy atom. The van der Waals surface area contributed by atoms with Gasteiger partial charge in [0.2, 0.25) is 5.91 Å². The van der Waals surface area contributed by atoms with Gasteiger partial charge in [0, 0.05) is 21.6 Å². The van der Waals surface area contributed by atoms with E-state index in [2.05, 4.69) is 25.1 Å². The molecule has 1 aliphatic heterocycles. The minimum absolute atomic E-state index is 0.00811.